The van der Waals surface area contributed by atoms with Crippen LogP contribution >= 0.6 is 0 Å². The average molecular weight is 302 g/mol. The van der Waals surface area contributed by atoms with Crippen LogP contribution in [0.5, 0.6) is 0 Å². The Balaban J connectivity index is 1.78. The van der Waals surface area contributed by atoms with Gasteiger partial charge in [-0.15, -0.1) is 0 Å². The Kier molecular flexibility index (Phi) is 3.49. The molecule has 0 aliphatic carbocycles. The van der Waals surface area contributed by atoms with Crippen LogP contribution in [0.2, 0.25) is 0 Å². The molecular weight excluding hydrogens is 284 g/mol. The van der Waals surface area contributed by atoms with Gasteiger partial charge in [0.1, 0.15) is 12.2 Å². The lowest BCUT2D eigenvalue weighted by Crippen LogP contribution is -2.21. The molecule has 0 amide bonds. The molecule has 23 heavy (non-hydrogen) atoms. The Morgan fingerprint density at radius 2 is 1.26 bits per heavy atom. The summed E-state index contributed by atoms with van der Waals surface area (Å²) >= 11 is 0. The van der Waals surface area contributed by atoms with Crippen LogP contribution in [0.4, 0.5) is 0 Å². The van der Waals surface area contributed by atoms with Crippen molar-refractivity contribution in [3.8, 4) is 0 Å². The standard InChI is InChI=1S/C21H18O2/c22-19(16-10-4-1-5-11-16)21(18-14-8-3-9-15-18)20(23-21)17-12-6-2-7-13-17/h1-15,19-20,22H/t19?,20-,21+/m0/s1. The van der Waals surface area contributed by atoms with Crippen LogP contribution in [0.3, 0.4) is 0 Å². The number of aliphatic hydroxyl groups is 1. The van der Waals surface area contributed by atoms with Crippen LogP contribution in [0.1, 0.15) is 28.9 Å². The zero-order valence-electron chi connectivity index (χ0n) is 12.7. The van der Waals surface area contributed by atoms with Crippen molar-refractivity contribution in [2.24, 2.45) is 0 Å². The summed E-state index contributed by atoms with van der Waals surface area (Å²) in [7, 11) is 0. The number of hydrogen-bond acceptors (Lipinski definition) is 2. The van der Waals surface area contributed by atoms with Gasteiger partial charge in [0.15, 0.2) is 5.60 Å². The molecule has 0 saturated carbocycles. The van der Waals surface area contributed by atoms with E-state index in [1.807, 2.05) is 91.0 Å². The predicted octanol–water partition coefficient (Wildman–Crippen LogP) is 4.39. The molecule has 0 aromatic heterocycles. The second-order valence-electron chi connectivity index (χ2n) is 5.88. The zero-order valence-corrected chi connectivity index (χ0v) is 12.7. The maximum absolute atomic E-state index is 11.1. The normalized spacial score (nSPS) is 24.1. The fourth-order valence-corrected chi connectivity index (χ4v) is 3.27. The van der Waals surface area contributed by atoms with Gasteiger partial charge in [-0.05, 0) is 16.7 Å². The molecule has 3 atom stereocenters. The van der Waals surface area contributed by atoms with E-state index in [0.717, 1.165) is 16.7 Å². The summed E-state index contributed by atoms with van der Waals surface area (Å²) in [4.78, 5) is 0. The molecule has 0 bridgehead atoms. The topological polar surface area (TPSA) is 32.8 Å². The second-order valence-corrected chi connectivity index (χ2v) is 5.88. The molecule has 1 aliphatic rings. The number of epoxide rings is 1. The van der Waals surface area contributed by atoms with Gasteiger partial charge in [-0.25, -0.2) is 0 Å². The summed E-state index contributed by atoms with van der Waals surface area (Å²) in [5.74, 6) is 0. The first-order valence-corrected chi connectivity index (χ1v) is 7.83. The Morgan fingerprint density at radius 1 is 0.739 bits per heavy atom. The molecule has 2 nitrogen and oxygen atoms in total. The number of rotatable bonds is 4. The van der Waals surface area contributed by atoms with E-state index >= 15 is 0 Å². The summed E-state index contributed by atoms with van der Waals surface area (Å²) in [6.45, 7) is 0. The van der Waals surface area contributed by atoms with Crippen molar-refractivity contribution >= 4 is 0 Å². The third-order valence-electron chi connectivity index (χ3n) is 4.49. The highest BCUT2D eigenvalue weighted by Crippen LogP contribution is 2.63. The largest absolute Gasteiger partial charge is 0.385 e. The van der Waals surface area contributed by atoms with Gasteiger partial charge in [0.25, 0.3) is 0 Å². The molecule has 2 heteroatoms. The van der Waals surface area contributed by atoms with Crippen LogP contribution in [0, 0.1) is 0 Å². The lowest BCUT2D eigenvalue weighted by molar-refractivity contribution is 0.0730. The van der Waals surface area contributed by atoms with Gasteiger partial charge < -0.3 is 9.84 Å². The van der Waals surface area contributed by atoms with Crippen molar-refractivity contribution in [1.29, 1.82) is 0 Å². The first-order chi connectivity index (χ1) is 11.3. The number of ether oxygens (including phenoxy) is 1. The highest BCUT2D eigenvalue weighted by Gasteiger charge is 2.63. The third-order valence-corrected chi connectivity index (χ3v) is 4.49. The molecule has 4 rings (SSSR count). The van der Waals surface area contributed by atoms with Gasteiger partial charge in [-0.2, -0.15) is 0 Å². The maximum atomic E-state index is 11.1. The number of hydrogen-bond donors (Lipinski definition) is 1. The summed E-state index contributed by atoms with van der Waals surface area (Å²) in [6.07, 6.45) is -0.849. The Labute approximate surface area is 136 Å². The molecule has 114 valence electrons. The van der Waals surface area contributed by atoms with Gasteiger partial charge in [0.05, 0.1) is 0 Å². The molecule has 1 heterocycles. The van der Waals surface area contributed by atoms with Crippen LogP contribution < -0.4 is 0 Å². The van der Waals surface area contributed by atoms with Crippen LogP contribution in [0.25, 0.3) is 0 Å². The quantitative estimate of drug-likeness (QED) is 0.725. The molecule has 0 radical (unpaired) electrons. The van der Waals surface area contributed by atoms with E-state index in [-0.39, 0.29) is 6.10 Å². The third kappa shape index (κ3) is 2.37. The first-order valence-electron chi connectivity index (χ1n) is 7.83. The summed E-state index contributed by atoms with van der Waals surface area (Å²) in [5.41, 5.74) is 2.25. The predicted molar refractivity (Wildman–Crippen MR) is 89.8 cm³/mol. The van der Waals surface area contributed by atoms with Gasteiger partial charge in [0, 0.05) is 0 Å². The fourth-order valence-electron chi connectivity index (χ4n) is 3.27. The van der Waals surface area contributed by atoms with Crippen molar-refractivity contribution in [1.82, 2.24) is 0 Å². The summed E-state index contributed by atoms with van der Waals surface area (Å²) in [5, 5.41) is 11.1. The molecule has 1 fully saturated rings. The maximum Gasteiger partial charge on any atom is 0.154 e. The van der Waals surface area contributed by atoms with E-state index in [0.29, 0.717) is 0 Å². The van der Waals surface area contributed by atoms with Gasteiger partial charge in [-0.1, -0.05) is 91.0 Å². The van der Waals surface area contributed by atoms with Crippen molar-refractivity contribution < 1.29 is 9.84 Å². The minimum absolute atomic E-state index is 0.138. The minimum atomic E-state index is -0.718. The lowest BCUT2D eigenvalue weighted by Gasteiger charge is -2.21. The molecule has 1 unspecified atom stereocenters. The van der Waals surface area contributed by atoms with E-state index in [4.69, 9.17) is 4.74 Å². The highest BCUT2D eigenvalue weighted by atomic mass is 16.6. The SMILES string of the molecule is OC(c1ccccc1)[C@@]1(c2ccccc2)O[C@H]1c1ccccc1. The Morgan fingerprint density at radius 3 is 1.87 bits per heavy atom. The van der Waals surface area contributed by atoms with Gasteiger partial charge in [-0.3, -0.25) is 0 Å². The van der Waals surface area contributed by atoms with Crippen LogP contribution in [0.15, 0.2) is 91.0 Å². The van der Waals surface area contributed by atoms with Crippen molar-refractivity contribution in [3.63, 3.8) is 0 Å². The van der Waals surface area contributed by atoms with Crippen molar-refractivity contribution in [2.75, 3.05) is 0 Å². The van der Waals surface area contributed by atoms with E-state index in [2.05, 4.69) is 0 Å². The monoisotopic (exact) mass is 302 g/mol. The van der Waals surface area contributed by atoms with Gasteiger partial charge in [0.2, 0.25) is 0 Å². The Hall–Kier alpha value is -2.42. The van der Waals surface area contributed by atoms with Crippen molar-refractivity contribution in [3.05, 3.63) is 108 Å². The van der Waals surface area contributed by atoms with E-state index in [9.17, 15) is 5.11 Å². The molecule has 1 aliphatic heterocycles. The molecule has 1 saturated heterocycles. The summed E-state index contributed by atoms with van der Waals surface area (Å²) < 4.78 is 6.14. The molecule has 1 N–H and O–H groups in total. The summed E-state index contributed by atoms with van der Waals surface area (Å²) in [6, 6.07) is 29.8. The van der Waals surface area contributed by atoms with Gasteiger partial charge >= 0.3 is 0 Å². The Bertz CT molecular complexity index is 771. The molecule has 3 aromatic rings. The number of aliphatic hydroxyl groups excluding tert-OH is 1. The lowest BCUT2D eigenvalue weighted by atomic mass is 9.84. The molecular formula is C21H18O2. The highest BCUT2D eigenvalue weighted by molar-refractivity contribution is 5.40. The molecule has 3 aromatic carbocycles. The first kappa shape index (κ1) is 14.2. The van der Waals surface area contributed by atoms with Crippen LogP contribution in [-0.4, -0.2) is 5.11 Å². The van der Waals surface area contributed by atoms with E-state index in [1.165, 1.54) is 0 Å². The van der Waals surface area contributed by atoms with Crippen LogP contribution in [-0.2, 0) is 10.3 Å². The van der Waals surface area contributed by atoms with E-state index in [1.54, 1.807) is 0 Å². The fraction of sp³-hybridized carbons (Fsp3) is 0.143. The minimum Gasteiger partial charge on any atom is -0.385 e. The number of benzene rings is 3. The van der Waals surface area contributed by atoms with Crippen molar-refractivity contribution in [2.45, 2.75) is 17.8 Å². The smallest absolute Gasteiger partial charge is 0.154 e. The van der Waals surface area contributed by atoms with E-state index < -0.39 is 11.7 Å². The zero-order chi connectivity index (χ0) is 15.7. The molecule has 0 spiro atoms. The second kappa shape index (κ2) is 5.65. The average Bonchev–Trinajstić information content (AvgIpc) is 3.40.